The van der Waals surface area contributed by atoms with Crippen molar-refractivity contribution in [2.24, 2.45) is 5.73 Å². The summed E-state index contributed by atoms with van der Waals surface area (Å²) in [5.41, 5.74) is 9.21. The van der Waals surface area contributed by atoms with E-state index in [0.29, 0.717) is 40.7 Å². The molecule has 0 bridgehead atoms. The zero-order chi connectivity index (χ0) is 23.5. The van der Waals surface area contributed by atoms with Gasteiger partial charge < -0.3 is 29.4 Å². The molecule has 3 aromatic rings. The van der Waals surface area contributed by atoms with E-state index in [0.717, 1.165) is 11.3 Å². The van der Waals surface area contributed by atoms with E-state index in [9.17, 15) is 5.26 Å². The van der Waals surface area contributed by atoms with Crippen LogP contribution in [0.3, 0.4) is 0 Å². The summed E-state index contributed by atoms with van der Waals surface area (Å²) < 4.78 is 27.9. The monoisotopic (exact) mass is 448 g/mol. The lowest BCUT2D eigenvalue weighted by molar-refractivity contribution is 0.321. The number of benzene rings is 2. The van der Waals surface area contributed by atoms with Gasteiger partial charge in [-0.05, 0) is 37.3 Å². The molecule has 0 spiro atoms. The molecule has 9 heteroatoms. The minimum absolute atomic E-state index is 0.0171. The summed E-state index contributed by atoms with van der Waals surface area (Å²) in [6, 6.07) is 13.3. The second-order valence-corrected chi connectivity index (χ2v) is 7.12. The molecule has 0 radical (unpaired) electrons. The highest BCUT2D eigenvalue weighted by Crippen LogP contribution is 2.51. The minimum atomic E-state index is -0.617. The maximum atomic E-state index is 9.99. The Morgan fingerprint density at radius 3 is 2.39 bits per heavy atom. The molecule has 2 heterocycles. The average Bonchev–Trinajstić information content (AvgIpc) is 3.26. The van der Waals surface area contributed by atoms with Crippen LogP contribution in [0.1, 0.15) is 24.0 Å². The second kappa shape index (κ2) is 9.04. The van der Waals surface area contributed by atoms with Gasteiger partial charge in [-0.1, -0.05) is 6.07 Å². The number of H-pyrrole nitrogens is 1. The Morgan fingerprint density at radius 1 is 1.06 bits per heavy atom. The van der Waals surface area contributed by atoms with Crippen LogP contribution in [0.5, 0.6) is 28.9 Å². The first-order chi connectivity index (χ1) is 16.1. The Morgan fingerprint density at radius 2 is 1.79 bits per heavy atom. The molecule has 0 amide bonds. The molecule has 0 unspecified atom stereocenters. The first-order valence-corrected chi connectivity index (χ1v) is 10.3. The van der Waals surface area contributed by atoms with E-state index < -0.39 is 5.92 Å². The molecule has 1 aliphatic heterocycles. The van der Waals surface area contributed by atoms with Crippen LogP contribution < -0.4 is 29.4 Å². The fraction of sp³-hybridized carbons (Fsp3) is 0.250. The summed E-state index contributed by atoms with van der Waals surface area (Å²) >= 11 is 0. The van der Waals surface area contributed by atoms with E-state index in [-0.39, 0.29) is 17.3 Å². The van der Waals surface area contributed by atoms with Crippen LogP contribution in [-0.2, 0) is 0 Å². The number of hydrogen-bond acceptors (Lipinski definition) is 8. The smallest absolute Gasteiger partial charge is 0.244 e. The standard InChI is InChI=1S/C24H24N4O5/c1-5-32-14-8-6-13(7-9-14)20-19-18(16(12-25)23(26)33-24(19)28-27-20)15-10-11-17(29-2)22(31-4)21(15)30-3/h6-11,18H,5,26H2,1-4H3,(H,27,28)/t18-/m0/s1. The molecule has 4 rings (SSSR count). The molecule has 3 N–H and O–H groups in total. The molecule has 1 atom stereocenters. The number of methoxy groups -OCH3 is 3. The van der Waals surface area contributed by atoms with Crippen LogP contribution in [0.25, 0.3) is 11.3 Å². The second-order valence-electron chi connectivity index (χ2n) is 7.12. The molecule has 170 valence electrons. The van der Waals surface area contributed by atoms with Gasteiger partial charge in [-0.25, -0.2) is 0 Å². The fourth-order valence-electron chi connectivity index (χ4n) is 4.01. The predicted molar refractivity (Wildman–Crippen MR) is 121 cm³/mol. The molecule has 0 fully saturated rings. The van der Waals surface area contributed by atoms with Gasteiger partial charge in [0.2, 0.25) is 17.5 Å². The van der Waals surface area contributed by atoms with Crippen LogP contribution in [0.2, 0.25) is 0 Å². The number of hydrogen-bond donors (Lipinski definition) is 2. The molecular weight excluding hydrogens is 424 g/mol. The van der Waals surface area contributed by atoms with Crippen molar-refractivity contribution >= 4 is 0 Å². The van der Waals surface area contributed by atoms with E-state index in [4.69, 9.17) is 29.4 Å². The normalized spacial score (nSPS) is 14.7. The highest BCUT2D eigenvalue weighted by atomic mass is 16.5. The van der Waals surface area contributed by atoms with E-state index in [1.54, 1.807) is 13.2 Å². The Kier molecular flexibility index (Phi) is 6.00. The third-order valence-corrected chi connectivity index (χ3v) is 5.44. The Hall–Kier alpha value is -4.32. The van der Waals surface area contributed by atoms with Crippen LogP contribution in [0, 0.1) is 11.3 Å². The third kappa shape index (κ3) is 3.65. The Bertz CT molecular complexity index is 1240. The third-order valence-electron chi connectivity index (χ3n) is 5.44. The van der Waals surface area contributed by atoms with Gasteiger partial charge in [-0.3, -0.25) is 5.10 Å². The van der Waals surface area contributed by atoms with Crippen LogP contribution in [-0.4, -0.2) is 38.1 Å². The number of rotatable bonds is 7. The SMILES string of the molecule is CCOc1ccc(-c2[nH]nc3c2[C@@H](c2ccc(OC)c(OC)c2OC)C(C#N)=C(N)O3)cc1. The van der Waals surface area contributed by atoms with Crippen LogP contribution in [0.15, 0.2) is 47.9 Å². The van der Waals surface area contributed by atoms with Gasteiger partial charge in [0, 0.05) is 11.1 Å². The number of allylic oxidation sites excluding steroid dienone is 1. The molecular formula is C24H24N4O5. The molecule has 33 heavy (non-hydrogen) atoms. The van der Waals surface area contributed by atoms with Crippen molar-refractivity contribution in [1.82, 2.24) is 10.2 Å². The number of aromatic nitrogens is 2. The molecule has 0 aliphatic carbocycles. The Balaban J connectivity index is 1.94. The number of nitrogens with zero attached hydrogens (tertiary/aromatic N) is 2. The minimum Gasteiger partial charge on any atom is -0.494 e. The summed E-state index contributed by atoms with van der Waals surface area (Å²) in [7, 11) is 4.60. The molecule has 9 nitrogen and oxygen atoms in total. The zero-order valence-corrected chi connectivity index (χ0v) is 18.8. The van der Waals surface area contributed by atoms with Crippen molar-refractivity contribution in [3.8, 4) is 46.2 Å². The van der Waals surface area contributed by atoms with Gasteiger partial charge >= 0.3 is 0 Å². The number of ether oxygens (including phenoxy) is 5. The van der Waals surface area contributed by atoms with Crippen molar-refractivity contribution in [3.05, 3.63) is 59.0 Å². The Labute approximate surface area is 191 Å². The predicted octanol–water partition coefficient (Wildman–Crippen LogP) is 3.72. The molecule has 0 saturated heterocycles. The molecule has 0 saturated carbocycles. The number of fused-ring (bicyclic) bond motifs is 1. The van der Waals surface area contributed by atoms with Crippen molar-refractivity contribution in [1.29, 1.82) is 5.26 Å². The van der Waals surface area contributed by atoms with Crippen molar-refractivity contribution in [2.75, 3.05) is 27.9 Å². The maximum Gasteiger partial charge on any atom is 0.244 e. The van der Waals surface area contributed by atoms with Gasteiger partial charge in [0.05, 0.1) is 45.1 Å². The molecule has 1 aromatic heterocycles. The van der Waals surface area contributed by atoms with Crippen LogP contribution >= 0.6 is 0 Å². The quantitative estimate of drug-likeness (QED) is 0.560. The number of aromatic amines is 1. The van der Waals surface area contributed by atoms with Crippen molar-refractivity contribution in [2.45, 2.75) is 12.8 Å². The summed E-state index contributed by atoms with van der Waals surface area (Å²) in [4.78, 5) is 0. The number of nitriles is 1. The summed E-state index contributed by atoms with van der Waals surface area (Å²) in [6.45, 7) is 2.50. The van der Waals surface area contributed by atoms with Gasteiger partial charge in [-0.15, -0.1) is 5.10 Å². The first kappa shape index (κ1) is 21.9. The van der Waals surface area contributed by atoms with Gasteiger partial charge in [-0.2, -0.15) is 5.26 Å². The molecule has 1 aliphatic rings. The lowest BCUT2D eigenvalue weighted by Crippen LogP contribution is -2.21. The van der Waals surface area contributed by atoms with Gasteiger partial charge in [0.25, 0.3) is 0 Å². The fourth-order valence-corrected chi connectivity index (χ4v) is 4.01. The summed E-state index contributed by atoms with van der Waals surface area (Å²) in [6.07, 6.45) is 0. The first-order valence-electron chi connectivity index (χ1n) is 10.3. The average molecular weight is 448 g/mol. The lowest BCUT2D eigenvalue weighted by atomic mass is 9.82. The number of nitrogens with two attached hydrogens (primary N) is 1. The summed E-state index contributed by atoms with van der Waals surface area (Å²) in [5, 5.41) is 17.3. The molecule has 2 aromatic carbocycles. The maximum absolute atomic E-state index is 9.99. The van der Waals surface area contributed by atoms with Crippen LogP contribution in [0.4, 0.5) is 0 Å². The van der Waals surface area contributed by atoms with E-state index in [1.165, 1.54) is 14.2 Å². The van der Waals surface area contributed by atoms with Crippen molar-refractivity contribution in [3.63, 3.8) is 0 Å². The number of nitrogens with one attached hydrogen (secondary N) is 1. The highest BCUT2D eigenvalue weighted by Gasteiger charge is 2.38. The van der Waals surface area contributed by atoms with E-state index in [2.05, 4.69) is 16.3 Å². The largest absolute Gasteiger partial charge is 0.494 e. The van der Waals surface area contributed by atoms with E-state index in [1.807, 2.05) is 37.3 Å². The lowest BCUT2D eigenvalue weighted by Gasteiger charge is -2.26. The van der Waals surface area contributed by atoms with Gasteiger partial charge in [0.1, 0.15) is 17.4 Å². The summed E-state index contributed by atoms with van der Waals surface area (Å²) in [5.74, 6) is 1.75. The van der Waals surface area contributed by atoms with Crippen molar-refractivity contribution < 1.29 is 23.7 Å². The topological polar surface area (TPSA) is 125 Å². The van der Waals surface area contributed by atoms with Gasteiger partial charge in [0.15, 0.2) is 11.5 Å². The van der Waals surface area contributed by atoms with E-state index >= 15 is 0 Å². The zero-order valence-electron chi connectivity index (χ0n) is 18.8. The highest BCUT2D eigenvalue weighted by molar-refractivity contribution is 5.73.